The second kappa shape index (κ2) is 5.08. The van der Waals surface area contributed by atoms with Crippen LogP contribution < -0.4 is 0 Å². The van der Waals surface area contributed by atoms with E-state index in [2.05, 4.69) is 17.1 Å². The Kier molecular flexibility index (Phi) is 3.51. The van der Waals surface area contributed by atoms with Crippen LogP contribution in [0.5, 0.6) is 0 Å². The molecule has 0 N–H and O–H groups in total. The highest BCUT2D eigenvalue weighted by atomic mass is 16.5. The van der Waals surface area contributed by atoms with Crippen molar-refractivity contribution in [2.24, 2.45) is 4.99 Å². The summed E-state index contributed by atoms with van der Waals surface area (Å²) in [5, 5.41) is 0. The summed E-state index contributed by atoms with van der Waals surface area (Å²) in [5.74, 6) is 0. The summed E-state index contributed by atoms with van der Waals surface area (Å²) < 4.78 is 5.33. The Hall–Kier alpha value is -1.15. The summed E-state index contributed by atoms with van der Waals surface area (Å²) in [6.07, 6.45) is 4.82. The van der Waals surface area contributed by atoms with Gasteiger partial charge in [0.15, 0.2) is 0 Å². The van der Waals surface area contributed by atoms with Gasteiger partial charge in [-0.1, -0.05) is 18.2 Å². The van der Waals surface area contributed by atoms with Crippen molar-refractivity contribution in [3.8, 4) is 0 Å². The number of aliphatic imine (C=N–C) groups is 1. The fourth-order valence-electron chi connectivity index (χ4n) is 1.96. The van der Waals surface area contributed by atoms with E-state index in [9.17, 15) is 0 Å². The molecule has 80 valence electrons. The van der Waals surface area contributed by atoms with E-state index in [4.69, 9.17) is 4.74 Å². The highest BCUT2D eigenvalue weighted by molar-refractivity contribution is 5.87. The van der Waals surface area contributed by atoms with Crippen molar-refractivity contribution in [2.75, 3.05) is 7.11 Å². The van der Waals surface area contributed by atoms with E-state index < -0.39 is 0 Å². The lowest BCUT2D eigenvalue weighted by Crippen LogP contribution is -2.19. The third-order valence-corrected chi connectivity index (χ3v) is 2.89. The second-order valence-electron chi connectivity index (χ2n) is 3.95. The number of para-hydroxylation sites is 1. The molecule has 0 radical (unpaired) electrons. The third-order valence-electron chi connectivity index (χ3n) is 2.89. The number of benzene rings is 1. The van der Waals surface area contributed by atoms with Crippen LogP contribution in [-0.2, 0) is 4.74 Å². The number of ether oxygens (including phenoxy) is 1. The van der Waals surface area contributed by atoms with Crippen LogP contribution >= 0.6 is 0 Å². The third kappa shape index (κ3) is 2.90. The number of methoxy groups -OCH3 is 1. The fourth-order valence-corrected chi connectivity index (χ4v) is 1.96. The zero-order valence-electron chi connectivity index (χ0n) is 9.15. The quantitative estimate of drug-likeness (QED) is 0.722. The van der Waals surface area contributed by atoms with E-state index in [1.807, 2.05) is 18.2 Å². The minimum absolute atomic E-state index is 0.444. The van der Waals surface area contributed by atoms with Crippen LogP contribution in [-0.4, -0.2) is 18.9 Å². The van der Waals surface area contributed by atoms with Crippen molar-refractivity contribution in [3.05, 3.63) is 30.3 Å². The highest BCUT2D eigenvalue weighted by Gasteiger charge is 2.16. The van der Waals surface area contributed by atoms with Crippen LogP contribution in [0.15, 0.2) is 35.3 Å². The molecule has 1 aromatic carbocycles. The van der Waals surface area contributed by atoms with E-state index in [0.29, 0.717) is 6.10 Å². The Bertz CT molecular complexity index is 322. The largest absolute Gasteiger partial charge is 0.381 e. The molecule has 0 unspecified atom stereocenters. The molecule has 1 aromatic rings. The summed E-state index contributed by atoms with van der Waals surface area (Å²) in [6.45, 7) is 0. The van der Waals surface area contributed by atoms with E-state index in [0.717, 1.165) is 31.4 Å². The summed E-state index contributed by atoms with van der Waals surface area (Å²) in [7, 11) is 1.80. The van der Waals surface area contributed by atoms with E-state index in [-0.39, 0.29) is 0 Å². The van der Waals surface area contributed by atoms with E-state index in [1.54, 1.807) is 7.11 Å². The maximum atomic E-state index is 5.33. The zero-order valence-corrected chi connectivity index (χ0v) is 9.15. The Labute approximate surface area is 91.0 Å². The predicted octanol–water partition coefficient (Wildman–Crippen LogP) is 3.35. The lowest BCUT2D eigenvalue weighted by Gasteiger charge is -2.21. The fraction of sp³-hybridized carbons (Fsp3) is 0.462. The molecule has 15 heavy (non-hydrogen) atoms. The van der Waals surface area contributed by atoms with Crippen LogP contribution in [0.3, 0.4) is 0 Å². The number of hydrogen-bond donors (Lipinski definition) is 0. The lowest BCUT2D eigenvalue weighted by atomic mass is 9.95. The molecule has 1 aliphatic rings. The molecule has 0 atom stereocenters. The van der Waals surface area contributed by atoms with Gasteiger partial charge in [0.25, 0.3) is 0 Å². The van der Waals surface area contributed by atoms with Crippen LogP contribution in [0, 0.1) is 0 Å². The SMILES string of the molecule is COC1CCC(=Nc2ccccc2)CC1. The zero-order chi connectivity index (χ0) is 10.5. The predicted molar refractivity (Wildman–Crippen MR) is 62.8 cm³/mol. The van der Waals surface area contributed by atoms with Gasteiger partial charge in [-0.25, -0.2) is 0 Å². The van der Waals surface area contributed by atoms with Gasteiger partial charge in [0.2, 0.25) is 0 Å². The molecule has 0 aliphatic heterocycles. The Morgan fingerprint density at radius 2 is 1.80 bits per heavy atom. The molecule has 0 aromatic heterocycles. The summed E-state index contributed by atoms with van der Waals surface area (Å²) in [6, 6.07) is 10.2. The van der Waals surface area contributed by atoms with Crippen LogP contribution in [0.4, 0.5) is 5.69 Å². The molecular weight excluding hydrogens is 186 g/mol. The minimum Gasteiger partial charge on any atom is -0.381 e. The summed E-state index contributed by atoms with van der Waals surface area (Å²) >= 11 is 0. The Morgan fingerprint density at radius 3 is 2.40 bits per heavy atom. The number of rotatable bonds is 2. The molecule has 0 heterocycles. The Morgan fingerprint density at radius 1 is 1.13 bits per heavy atom. The van der Waals surface area contributed by atoms with Gasteiger partial charge in [0.05, 0.1) is 11.8 Å². The number of nitrogens with zero attached hydrogens (tertiary/aromatic N) is 1. The van der Waals surface area contributed by atoms with E-state index in [1.165, 1.54) is 5.71 Å². The minimum atomic E-state index is 0.444. The van der Waals surface area contributed by atoms with Gasteiger partial charge in [0.1, 0.15) is 0 Å². The average molecular weight is 203 g/mol. The molecule has 1 fully saturated rings. The number of hydrogen-bond acceptors (Lipinski definition) is 2. The second-order valence-corrected chi connectivity index (χ2v) is 3.95. The molecule has 0 saturated heterocycles. The maximum Gasteiger partial charge on any atom is 0.0629 e. The van der Waals surface area contributed by atoms with Crippen LogP contribution in [0.1, 0.15) is 25.7 Å². The standard InChI is InChI=1S/C13H17NO/c1-15-13-9-7-12(8-10-13)14-11-5-3-2-4-6-11/h2-6,13H,7-10H2,1H3. The van der Waals surface area contributed by atoms with Gasteiger partial charge in [-0.05, 0) is 37.8 Å². The normalized spacial score (nSPS) is 21.4. The van der Waals surface area contributed by atoms with Gasteiger partial charge in [-0.2, -0.15) is 0 Å². The molecule has 0 bridgehead atoms. The molecule has 2 nitrogen and oxygen atoms in total. The van der Waals surface area contributed by atoms with Gasteiger partial charge in [-0.3, -0.25) is 4.99 Å². The first-order valence-electron chi connectivity index (χ1n) is 5.53. The average Bonchev–Trinajstić information content (AvgIpc) is 2.31. The van der Waals surface area contributed by atoms with Gasteiger partial charge in [0, 0.05) is 12.8 Å². The van der Waals surface area contributed by atoms with Gasteiger partial charge >= 0.3 is 0 Å². The molecule has 2 heteroatoms. The monoisotopic (exact) mass is 203 g/mol. The summed E-state index contributed by atoms with van der Waals surface area (Å²) in [5.41, 5.74) is 2.39. The van der Waals surface area contributed by atoms with Crippen molar-refractivity contribution in [1.29, 1.82) is 0 Å². The molecule has 0 amide bonds. The first kappa shape index (κ1) is 10.4. The summed E-state index contributed by atoms with van der Waals surface area (Å²) in [4.78, 5) is 4.65. The van der Waals surface area contributed by atoms with Crippen molar-refractivity contribution >= 4 is 11.4 Å². The van der Waals surface area contributed by atoms with Crippen LogP contribution in [0.25, 0.3) is 0 Å². The van der Waals surface area contributed by atoms with Crippen molar-refractivity contribution in [2.45, 2.75) is 31.8 Å². The molecular formula is C13H17NO. The van der Waals surface area contributed by atoms with E-state index >= 15 is 0 Å². The van der Waals surface area contributed by atoms with Crippen LogP contribution in [0.2, 0.25) is 0 Å². The van der Waals surface area contributed by atoms with Gasteiger partial charge < -0.3 is 4.74 Å². The first-order valence-corrected chi connectivity index (χ1v) is 5.53. The topological polar surface area (TPSA) is 21.6 Å². The first-order chi connectivity index (χ1) is 7.38. The highest BCUT2D eigenvalue weighted by Crippen LogP contribution is 2.21. The molecule has 2 rings (SSSR count). The Balaban J connectivity index is 1.98. The van der Waals surface area contributed by atoms with Crippen molar-refractivity contribution < 1.29 is 4.74 Å². The van der Waals surface area contributed by atoms with Crippen molar-refractivity contribution in [1.82, 2.24) is 0 Å². The maximum absolute atomic E-state index is 5.33. The molecule has 1 aliphatic carbocycles. The smallest absolute Gasteiger partial charge is 0.0629 e. The van der Waals surface area contributed by atoms with Crippen molar-refractivity contribution in [3.63, 3.8) is 0 Å². The molecule has 0 spiro atoms. The lowest BCUT2D eigenvalue weighted by molar-refractivity contribution is 0.0863. The molecule has 1 saturated carbocycles. The van der Waals surface area contributed by atoms with Gasteiger partial charge in [-0.15, -0.1) is 0 Å².